The van der Waals surface area contributed by atoms with Crippen LogP contribution in [-0.2, 0) is 0 Å². The fourth-order valence-corrected chi connectivity index (χ4v) is 1.78. The van der Waals surface area contributed by atoms with Crippen LogP contribution in [0.3, 0.4) is 0 Å². The molecule has 0 atom stereocenters. The topological polar surface area (TPSA) is 35.0 Å². The summed E-state index contributed by atoms with van der Waals surface area (Å²) in [6.07, 6.45) is 1.92. The second-order valence-electron chi connectivity index (χ2n) is 3.90. The molecule has 0 aliphatic rings. The molecule has 3 nitrogen and oxygen atoms in total. The van der Waals surface area contributed by atoms with Gasteiger partial charge in [-0.25, -0.2) is 9.97 Å². The minimum absolute atomic E-state index is 0.189. The van der Waals surface area contributed by atoms with Crippen molar-refractivity contribution in [3.63, 3.8) is 0 Å². The van der Waals surface area contributed by atoms with Crippen molar-refractivity contribution in [1.29, 1.82) is 0 Å². The Morgan fingerprint density at radius 3 is 2.41 bits per heavy atom. The zero-order chi connectivity index (χ0) is 12.3. The first kappa shape index (κ1) is 12.0. The molecule has 0 radical (unpaired) electrons. The van der Waals surface area contributed by atoms with Crippen LogP contribution in [0.15, 0.2) is 41.3 Å². The number of aromatic nitrogens is 2. The summed E-state index contributed by atoms with van der Waals surface area (Å²) < 4.78 is 6.18. The number of hydrogen-bond acceptors (Lipinski definition) is 3. The smallest absolute Gasteiger partial charge is 0.197 e. The van der Waals surface area contributed by atoms with Crippen LogP contribution in [0.2, 0.25) is 0 Å². The quantitative estimate of drug-likeness (QED) is 0.809. The molecule has 0 bridgehead atoms. The van der Waals surface area contributed by atoms with Crippen molar-refractivity contribution < 1.29 is 4.74 Å². The SMILES string of the molecule is CC(C)Oc1ccc(-c2ccnc(Br)n2)cc1. The van der Waals surface area contributed by atoms with E-state index in [9.17, 15) is 0 Å². The Morgan fingerprint density at radius 2 is 1.82 bits per heavy atom. The van der Waals surface area contributed by atoms with Crippen LogP contribution in [0.4, 0.5) is 0 Å². The van der Waals surface area contributed by atoms with Crippen molar-refractivity contribution in [2.45, 2.75) is 20.0 Å². The highest BCUT2D eigenvalue weighted by Gasteiger charge is 2.02. The molecule has 4 heteroatoms. The molecule has 88 valence electrons. The summed E-state index contributed by atoms with van der Waals surface area (Å²) in [7, 11) is 0. The third-order valence-electron chi connectivity index (χ3n) is 2.15. The van der Waals surface area contributed by atoms with Gasteiger partial charge in [0.05, 0.1) is 11.8 Å². The van der Waals surface area contributed by atoms with Crippen molar-refractivity contribution in [1.82, 2.24) is 9.97 Å². The molecule has 2 rings (SSSR count). The van der Waals surface area contributed by atoms with Crippen LogP contribution in [0.1, 0.15) is 13.8 Å². The van der Waals surface area contributed by atoms with Crippen molar-refractivity contribution in [3.05, 3.63) is 41.3 Å². The van der Waals surface area contributed by atoms with Crippen molar-refractivity contribution in [3.8, 4) is 17.0 Å². The lowest BCUT2D eigenvalue weighted by Gasteiger charge is -2.09. The second-order valence-corrected chi connectivity index (χ2v) is 4.61. The van der Waals surface area contributed by atoms with Gasteiger partial charge in [-0.05, 0) is 60.1 Å². The number of halogens is 1. The first-order chi connectivity index (χ1) is 8.15. The van der Waals surface area contributed by atoms with E-state index in [0.717, 1.165) is 17.0 Å². The molecule has 0 spiro atoms. The van der Waals surface area contributed by atoms with Crippen LogP contribution >= 0.6 is 15.9 Å². The van der Waals surface area contributed by atoms with Gasteiger partial charge in [0.15, 0.2) is 4.73 Å². The van der Waals surface area contributed by atoms with Gasteiger partial charge < -0.3 is 4.74 Å². The summed E-state index contributed by atoms with van der Waals surface area (Å²) in [6.45, 7) is 4.02. The van der Waals surface area contributed by atoms with Crippen LogP contribution in [0.25, 0.3) is 11.3 Å². The van der Waals surface area contributed by atoms with E-state index in [2.05, 4.69) is 25.9 Å². The fourth-order valence-electron chi connectivity index (χ4n) is 1.47. The standard InChI is InChI=1S/C13H13BrN2O/c1-9(2)17-11-5-3-10(4-6-11)12-7-8-15-13(14)16-12/h3-9H,1-2H3. The average molecular weight is 293 g/mol. The lowest BCUT2D eigenvalue weighted by Crippen LogP contribution is -2.05. The first-order valence-electron chi connectivity index (χ1n) is 5.41. The number of benzene rings is 1. The average Bonchev–Trinajstić information content (AvgIpc) is 2.29. The van der Waals surface area contributed by atoms with Crippen molar-refractivity contribution in [2.24, 2.45) is 0 Å². The van der Waals surface area contributed by atoms with Gasteiger partial charge in [-0.3, -0.25) is 0 Å². The molecule has 17 heavy (non-hydrogen) atoms. The van der Waals surface area contributed by atoms with E-state index in [-0.39, 0.29) is 6.10 Å². The number of hydrogen-bond donors (Lipinski definition) is 0. The molecule has 2 aromatic rings. The van der Waals surface area contributed by atoms with Gasteiger partial charge in [-0.2, -0.15) is 0 Å². The normalized spacial score (nSPS) is 10.6. The Kier molecular flexibility index (Phi) is 3.74. The van der Waals surface area contributed by atoms with E-state index >= 15 is 0 Å². The fraction of sp³-hybridized carbons (Fsp3) is 0.231. The highest BCUT2D eigenvalue weighted by molar-refractivity contribution is 9.10. The molecule has 0 amide bonds. The molecular weight excluding hydrogens is 280 g/mol. The summed E-state index contributed by atoms with van der Waals surface area (Å²) >= 11 is 3.26. The molecule has 0 saturated carbocycles. The first-order valence-corrected chi connectivity index (χ1v) is 6.20. The maximum absolute atomic E-state index is 5.59. The van der Waals surface area contributed by atoms with Gasteiger partial charge in [0.1, 0.15) is 5.75 Å². The molecule has 0 saturated heterocycles. The molecule has 0 aliphatic heterocycles. The minimum atomic E-state index is 0.189. The summed E-state index contributed by atoms with van der Waals surface area (Å²) in [6, 6.07) is 9.76. The highest BCUT2D eigenvalue weighted by atomic mass is 79.9. The highest BCUT2D eigenvalue weighted by Crippen LogP contribution is 2.21. The number of nitrogens with zero attached hydrogens (tertiary/aromatic N) is 2. The van der Waals surface area contributed by atoms with Crippen molar-refractivity contribution >= 4 is 15.9 Å². The summed E-state index contributed by atoms with van der Waals surface area (Å²) in [5, 5.41) is 0. The number of ether oxygens (including phenoxy) is 1. The van der Waals surface area contributed by atoms with Gasteiger partial charge in [0, 0.05) is 11.8 Å². The van der Waals surface area contributed by atoms with Crippen LogP contribution in [0, 0.1) is 0 Å². The maximum atomic E-state index is 5.59. The third kappa shape index (κ3) is 3.27. The van der Waals surface area contributed by atoms with Gasteiger partial charge in [0.25, 0.3) is 0 Å². The monoisotopic (exact) mass is 292 g/mol. The lowest BCUT2D eigenvalue weighted by molar-refractivity contribution is 0.242. The molecule has 0 aliphatic carbocycles. The Labute approximate surface area is 109 Å². The zero-order valence-corrected chi connectivity index (χ0v) is 11.3. The molecule has 1 aromatic carbocycles. The Balaban J connectivity index is 2.23. The number of rotatable bonds is 3. The third-order valence-corrected chi connectivity index (χ3v) is 2.53. The second kappa shape index (κ2) is 5.27. The largest absolute Gasteiger partial charge is 0.491 e. The Bertz CT molecular complexity index is 497. The molecule has 0 N–H and O–H groups in total. The summed E-state index contributed by atoms with van der Waals surface area (Å²) in [4.78, 5) is 8.30. The van der Waals surface area contributed by atoms with E-state index in [1.165, 1.54) is 0 Å². The Morgan fingerprint density at radius 1 is 1.12 bits per heavy atom. The van der Waals surface area contributed by atoms with Crippen LogP contribution in [0.5, 0.6) is 5.75 Å². The lowest BCUT2D eigenvalue weighted by atomic mass is 10.1. The van der Waals surface area contributed by atoms with Crippen LogP contribution in [-0.4, -0.2) is 16.1 Å². The van der Waals surface area contributed by atoms with E-state index < -0.39 is 0 Å². The molecular formula is C13H13BrN2O. The van der Waals surface area contributed by atoms with Gasteiger partial charge in [-0.1, -0.05) is 0 Å². The Hall–Kier alpha value is -1.42. The van der Waals surface area contributed by atoms with E-state index in [0.29, 0.717) is 4.73 Å². The summed E-state index contributed by atoms with van der Waals surface area (Å²) in [5.41, 5.74) is 1.94. The molecule has 0 unspecified atom stereocenters. The minimum Gasteiger partial charge on any atom is -0.491 e. The van der Waals surface area contributed by atoms with Crippen molar-refractivity contribution in [2.75, 3.05) is 0 Å². The van der Waals surface area contributed by atoms with Crippen LogP contribution < -0.4 is 4.74 Å². The van der Waals surface area contributed by atoms with E-state index in [4.69, 9.17) is 4.74 Å². The van der Waals surface area contributed by atoms with E-state index in [1.54, 1.807) is 6.20 Å². The molecule has 0 fully saturated rings. The van der Waals surface area contributed by atoms with Gasteiger partial charge in [-0.15, -0.1) is 0 Å². The predicted octanol–water partition coefficient (Wildman–Crippen LogP) is 3.69. The summed E-state index contributed by atoms with van der Waals surface area (Å²) in [5.74, 6) is 0.872. The van der Waals surface area contributed by atoms with Gasteiger partial charge in [0.2, 0.25) is 0 Å². The zero-order valence-electron chi connectivity index (χ0n) is 9.72. The molecule has 1 heterocycles. The predicted molar refractivity (Wildman–Crippen MR) is 70.9 cm³/mol. The maximum Gasteiger partial charge on any atom is 0.197 e. The van der Waals surface area contributed by atoms with Gasteiger partial charge >= 0.3 is 0 Å². The van der Waals surface area contributed by atoms with E-state index in [1.807, 2.05) is 44.2 Å². The molecule has 1 aromatic heterocycles.